The molecule has 38 heavy (non-hydrogen) atoms. The van der Waals surface area contributed by atoms with E-state index in [1.807, 2.05) is 36.4 Å². The second-order valence-corrected chi connectivity index (χ2v) is 8.35. The van der Waals surface area contributed by atoms with Crippen molar-refractivity contribution in [3.05, 3.63) is 94.8 Å². The van der Waals surface area contributed by atoms with E-state index >= 15 is 0 Å². The topological polar surface area (TPSA) is 138 Å². The fourth-order valence-electron chi connectivity index (χ4n) is 3.33. The van der Waals surface area contributed by atoms with Crippen LogP contribution in [0.4, 0.5) is 18.9 Å². The number of aromatic nitrogens is 1. The molecule has 1 atom stereocenters. The molecule has 0 aliphatic carbocycles. The number of carbonyl (C=O) groups is 3. The van der Waals surface area contributed by atoms with Crippen LogP contribution in [0.2, 0.25) is 5.02 Å². The van der Waals surface area contributed by atoms with E-state index < -0.39 is 18.2 Å². The molecule has 1 aromatic heterocycles. The number of carboxylic acid groups (broad SMARTS) is 1. The first kappa shape index (κ1) is 28.1. The molecule has 9 nitrogen and oxygen atoms in total. The highest BCUT2D eigenvalue weighted by Gasteiger charge is 2.38. The lowest BCUT2D eigenvalue weighted by molar-refractivity contribution is -0.192. The number of hydrogen-bond donors (Lipinski definition) is 3. The second kappa shape index (κ2) is 12.2. The minimum atomic E-state index is -5.08. The molecule has 3 aromatic rings. The molecule has 2 aromatic carbocycles. The third-order valence-corrected chi connectivity index (χ3v) is 5.37. The summed E-state index contributed by atoms with van der Waals surface area (Å²) < 4.78 is 31.7. The number of guanidine groups is 1. The molecule has 1 aliphatic heterocycles. The largest absolute Gasteiger partial charge is 0.490 e. The zero-order valence-corrected chi connectivity index (χ0v) is 20.3. The van der Waals surface area contributed by atoms with Crippen LogP contribution in [0.3, 0.4) is 0 Å². The summed E-state index contributed by atoms with van der Waals surface area (Å²) in [7, 11) is 0. The molecule has 4 rings (SSSR count). The lowest BCUT2D eigenvalue weighted by Crippen LogP contribution is -2.45. The number of pyridine rings is 1. The predicted octanol–water partition coefficient (Wildman–Crippen LogP) is 4.41. The fraction of sp³-hybridized carbons (Fsp3) is 0.160. The Morgan fingerprint density at radius 1 is 1.11 bits per heavy atom. The zero-order valence-electron chi connectivity index (χ0n) is 19.5. The summed E-state index contributed by atoms with van der Waals surface area (Å²) in [4.78, 5) is 44.1. The van der Waals surface area contributed by atoms with Crippen molar-refractivity contribution >= 4 is 41.0 Å². The predicted molar refractivity (Wildman–Crippen MR) is 133 cm³/mol. The highest BCUT2D eigenvalue weighted by Crippen LogP contribution is 2.28. The molecule has 0 fully saturated rings. The molecular formula is C25H21ClF3N5O4. The number of amides is 2. The van der Waals surface area contributed by atoms with E-state index in [1.165, 1.54) is 11.1 Å². The van der Waals surface area contributed by atoms with Gasteiger partial charge in [0.2, 0.25) is 5.91 Å². The summed E-state index contributed by atoms with van der Waals surface area (Å²) in [6.45, 7) is 0.381. The van der Waals surface area contributed by atoms with Gasteiger partial charge in [0, 0.05) is 11.9 Å². The number of carbonyl (C=O) groups excluding carboxylic acids is 2. The number of hydrogen-bond acceptors (Lipinski definition) is 6. The minimum Gasteiger partial charge on any atom is -0.475 e. The van der Waals surface area contributed by atoms with Crippen LogP contribution < -0.4 is 11.1 Å². The van der Waals surface area contributed by atoms with E-state index in [0.29, 0.717) is 17.3 Å². The molecule has 4 N–H and O–H groups in total. The zero-order chi connectivity index (χ0) is 27.9. The van der Waals surface area contributed by atoms with Crippen molar-refractivity contribution in [2.45, 2.75) is 25.2 Å². The maximum absolute atomic E-state index is 12.7. The number of aliphatic carboxylic acids is 1. The molecule has 0 spiro atoms. The van der Waals surface area contributed by atoms with Crippen molar-refractivity contribution in [3.63, 3.8) is 0 Å². The third-order valence-electron chi connectivity index (χ3n) is 5.15. The average Bonchev–Trinajstić information content (AvgIpc) is 2.87. The molecule has 2 heterocycles. The highest BCUT2D eigenvalue weighted by molar-refractivity contribution is 6.30. The van der Waals surface area contributed by atoms with Crippen LogP contribution >= 0.6 is 11.6 Å². The smallest absolute Gasteiger partial charge is 0.475 e. The number of nitrogens with one attached hydrogen (secondary N) is 1. The standard InChI is InChI=1S/C23H20ClN5O2.C2HF3O2/c24-17-9-10-19(26-13-17)22(31)27-18-8-4-7-16(11-18)20-12-21(30)29(23(25)28-20)14-15-5-2-1-3-6-15;3-2(4,5)1(6)7/h1-11,13,20H,12,14H2,(H2,25,28)(H,27,31);(H,6,7). The van der Waals surface area contributed by atoms with E-state index in [-0.39, 0.29) is 29.9 Å². The Balaban J connectivity index is 0.000000505. The highest BCUT2D eigenvalue weighted by atomic mass is 35.5. The van der Waals surface area contributed by atoms with Gasteiger partial charge in [0.25, 0.3) is 5.91 Å². The molecule has 0 saturated carbocycles. The van der Waals surface area contributed by atoms with Crippen molar-refractivity contribution in [2.75, 3.05) is 5.32 Å². The fourth-order valence-corrected chi connectivity index (χ4v) is 3.45. The first-order valence-corrected chi connectivity index (χ1v) is 11.3. The molecule has 1 aliphatic rings. The number of anilines is 1. The molecule has 0 radical (unpaired) electrons. The van der Waals surface area contributed by atoms with Gasteiger partial charge in [0.1, 0.15) is 5.69 Å². The Bertz CT molecular complexity index is 1330. The Morgan fingerprint density at radius 3 is 2.37 bits per heavy atom. The number of carboxylic acids is 1. The summed E-state index contributed by atoms with van der Waals surface area (Å²) in [5.41, 5.74) is 8.71. The van der Waals surface area contributed by atoms with E-state index in [1.54, 1.807) is 30.3 Å². The molecule has 2 amide bonds. The Kier molecular flexibility index (Phi) is 9.02. The number of halogens is 4. The second-order valence-electron chi connectivity index (χ2n) is 7.92. The van der Waals surface area contributed by atoms with E-state index in [4.69, 9.17) is 27.2 Å². The Morgan fingerprint density at radius 2 is 1.79 bits per heavy atom. The van der Waals surface area contributed by atoms with Crippen LogP contribution in [0.25, 0.3) is 0 Å². The van der Waals surface area contributed by atoms with Crippen LogP contribution in [0, 0.1) is 0 Å². The minimum absolute atomic E-state index is 0.0962. The van der Waals surface area contributed by atoms with Gasteiger partial charge in [0.15, 0.2) is 5.96 Å². The van der Waals surface area contributed by atoms with Crippen LogP contribution in [-0.2, 0) is 16.1 Å². The van der Waals surface area contributed by atoms with Crippen molar-refractivity contribution in [2.24, 2.45) is 10.7 Å². The maximum atomic E-state index is 12.7. The van der Waals surface area contributed by atoms with Gasteiger partial charge in [0.05, 0.1) is 24.0 Å². The van der Waals surface area contributed by atoms with Crippen molar-refractivity contribution in [1.29, 1.82) is 0 Å². The number of nitrogens with zero attached hydrogens (tertiary/aromatic N) is 3. The molecule has 13 heteroatoms. The first-order valence-electron chi connectivity index (χ1n) is 10.9. The number of alkyl halides is 3. The van der Waals surface area contributed by atoms with Gasteiger partial charge in [-0.2, -0.15) is 13.2 Å². The van der Waals surface area contributed by atoms with E-state index in [0.717, 1.165) is 11.1 Å². The quantitative estimate of drug-likeness (QED) is 0.432. The van der Waals surface area contributed by atoms with Gasteiger partial charge in [-0.25, -0.2) is 14.8 Å². The number of nitrogens with two attached hydrogens (primary N) is 1. The summed E-state index contributed by atoms with van der Waals surface area (Å²) >= 11 is 5.81. The van der Waals surface area contributed by atoms with Crippen molar-refractivity contribution < 1.29 is 32.7 Å². The summed E-state index contributed by atoms with van der Waals surface area (Å²) in [5.74, 6) is -3.02. The number of benzene rings is 2. The monoisotopic (exact) mass is 547 g/mol. The summed E-state index contributed by atoms with van der Waals surface area (Å²) in [5, 5.41) is 10.4. The van der Waals surface area contributed by atoms with Crippen LogP contribution in [0.1, 0.15) is 34.1 Å². The molecular weight excluding hydrogens is 527 g/mol. The lowest BCUT2D eigenvalue weighted by Gasteiger charge is -2.29. The van der Waals surface area contributed by atoms with Gasteiger partial charge in [-0.1, -0.05) is 54.1 Å². The first-order chi connectivity index (χ1) is 17.9. The SMILES string of the molecule is NC1=NC(c2cccc(NC(=O)c3ccc(Cl)cn3)c2)CC(=O)N1Cc1ccccc1.O=C(O)C(F)(F)F. The molecule has 1 unspecified atom stereocenters. The van der Waals surface area contributed by atoms with Gasteiger partial charge in [-0.15, -0.1) is 0 Å². The van der Waals surface area contributed by atoms with Crippen molar-refractivity contribution in [3.8, 4) is 0 Å². The van der Waals surface area contributed by atoms with Crippen LogP contribution in [0.5, 0.6) is 0 Å². The maximum Gasteiger partial charge on any atom is 0.490 e. The molecule has 198 valence electrons. The van der Waals surface area contributed by atoms with Gasteiger partial charge < -0.3 is 16.2 Å². The lowest BCUT2D eigenvalue weighted by atomic mass is 10.0. The third kappa shape index (κ3) is 7.77. The van der Waals surface area contributed by atoms with Crippen LogP contribution in [0.15, 0.2) is 77.9 Å². The average molecular weight is 548 g/mol. The van der Waals surface area contributed by atoms with Gasteiger partial charge in [-0.3, -0.25) is 14.5 Å². The van der Waals surface area contributed by atoms with Gasteiger partial charge >= 0.3 is 12.1 Å². The number of aliphatic imine (C=N–C) groups is 1. The van der Waals surface area contributed by atoms with E-state index in [9.17, 15) is 22.8 Å². The Labute approximate surface area is 219 Å². The van der Waals surface area contributed by atoms with E-state index in [2.05, 4.69) is 15.3 Å². The van der Waals surface area contributed by atoms with Crippen LogP contribution in [-0.4, -0.2) is 44.9 Å². The molecule has 0 bridgehead atoms. The summed E-state index contributed by atoms with van der Waals surface area (Å²) in [6.07, 6.45) is -3.47. The number of rotatable bonds is 5. The molecule has 0 saturated heterocycles. The normalized spacial score (nSPS) is 15.2. The Hall–Kier alpha value is -4.45. The van der Waals surface area contributed by atoms with Gasteiger partial charge in [-0.05, 0) is 35.4 Å². The summed E-state index contributed by atoms with van der Waals surface area (Å²) in [6, 6.07) is 19.6. The van der Waals surface area contributed by atoms with Crippen molar-refractivity contribution in [1.82, 2.24) is 9.88 Å².